The Hall–Kier alpha value is -0.360. The first-order valence-corrected chi connectivity index (χ1v) is 7.20. The zero-order chi connectivity index (χ0) is 10.3. The van der Waals surface area contributed by atoms with Crippen molar-refractivity contribution in [3.05, 3.63) is 10.3 Å². The van der Waals surface area contributed by atoms with Crippen molar-refractivity contribution in [2.24, 2.45) is 0 Å². The highest BCUT2D eigenvalue weighted by molar-refractivity contribution is 8.02. The third kappa shape index (κ3) is 1.94. The Labute approximate surface area is 78.5 Å². The second-order valence-electron chi connectivity index (χ2n) is 3.13. The van der Waals surface area contributed by atoms with Crippen molar-refractivity contribution in [2.75, 3.05) is 5.75 Å². The van der Waals surface area contributed by atoms with Crippen LogP contribution in [0.25, 0.3) is 0 Å². The lowest BCUT2D eigenvalue weighted by molar-refractivity contribution is 0.575. The van der Waals surface area contributed by atoms with Gasteiger partial charge in [-0.25, -0.2) is 16.8 Å². The number of hydrogen-bond acceptors (Lipinski definition) is 4. The molecule has 1 heterocycles. The molecule has 6 heteroatoms. The van der Waals surface area contributed by atoms with Gasteiger partial charge in [0.1, 0.15) is 0 Å². The largest absolute Gasteiger partial charge is 0.224 e. The molecule has 0 spiro atoms. The summed E-state index contributed by atoms with van der Waals surface area (Å²) in [6, 6.07) is 0. The fourth-order valence-corrected chi connectivity index (χ4v) is 5.90. The Bertz CT molecular complexity index is 427. The van der Waals surface area contributed by atoms with Crippen LogP contribution in [0.2, 0.25) is 0 Å². The molecule has 0 radical (unpaired) electrons. The van der Waals surface area contributed by atoms with Gasteiger partial charge >= 0.3 is 0 Å². The minimum atomic E-state index is -3.34. The molecule has 0 saturated carbocycles. The molecule has 0 aromatic carbocycles. The first kappa shape index (κ1) is 10.7. The van der Waals surface area contributed by atoms with E-state index in [-0.39, 0.29) is 10.7 Å². The van der Waals surface area contributed by atoms with E-state index in [1.165, 1.54) is 6.92 Å². The van der Waals surface area contributed by atoms with Crippen molar-refractivity contribution < 1.29 is 16.8 Å². The molecule has 0 saturated heterocycles. The molecule has 1 aliphatic heterocycles. The fourth-order valence-electron chi connectivity index (χ4n) is 1.32. The van der Waals surface area contributed by atoms with Crippen molar-refractivity contribution in [3.63, 3.8) is 0 Å². The Morgan fingerprint density at radius 3 is 2.38 bits per heavy atom. The summed E-state index contributed by atoms with van der Waals surface area (Å²) in [4.78, 5) is -0.0365. The molecule has 13 heavy (non-hydrogen) atoms. The molecular formula is C7H12O4S2. The van der Waals surface area contributed by atoms with E-state index in [9.17, 15) is 16.8 Å². The normalized spacial score (nSPS) is 30.9. The van der Waals surface area contributed by atoms with E-state index in [2.05, 4.69) is 0 Å². The first-order chi connectivity index (χ1) is 5.79. The maximum atomic E-state index is 11.5. The third-order valence-electron chi connectivity index (χ3n) is 2.11. The van der Waals surface area contributed by atoms with Crippen molar-refractivity contribution in [1.82, 2.24) is 0 Å². The van der Waals surface area contributed by atoms with E-state index < -0.39 is 24.9 Å². The van der Waals surface area contributed by atoms with E-state index in [4.69, 9.17) is 0 Å². The van der Waals surface area contributed by atoms with E-state index in [0.717, 1.165) is 5.41 Å². The fraction of sp³-hybridized carbons (Fsp3) is 0.714. The van der Waals surface area contributed by atoms with E-state index in [1.54, 1.807) is 6.92 Å². The Morgan fingerprint density at radius 2 is 1.92 bits per heavy atom. The highest BCUT2D eigenvalue weighted by atomic mass is 32.2. The van der Waals surface area contributed by atoms with E-state index in [0.29, 0.717) is 6.42 Å². The number of hydrogen-bond donors (Lipinski definition) is 0. The van der Waals surface area contributed by atoms with Gasteiger partial charge in [0.15, 0.2) is 19.7 Å². The number of sulfone groups is 2. The lowest BCUT2D eigenvalue weighted by Crippen LogP contribution is -2.33. The van der Waals surface area contributed by atoms with Gasteiger partial charge in [-0.2, -0.15) is 0 Å². The van der Waals surface area contributed by atoms with E-state index in [1.807, 2.05) is 0 Å². The minimum absolute atomic E-state index is 0.0365. The molecule has 0 fully saturated rings. The van der Waals surface area contributed by atoms with Gasteiger partial charge in [-0.15, -0.1) is 0 Å². The molecule has 0 N–H and O–H groups in total. The second kappa shape index (κ2) is 3.09. The van der Waals surface area contributed by atoms with Gasteiger partial charge in [-0.05, 0) is 13.3 Å². The summed E-state index contributed by atoms with van der Waals surface area (Å²) >= 11 is 0. The average molecular weight is 224 g/mol. The molecule has 1 unspecified atom stereocenters. The van der Waals surface area contributed by atoms with Crippen LogP contribution in [0.15, 0.2) is 10.3 Å². The molecule has 1 atom stereocenters. The molecule has 1 aliphatic rings. The zero-order valence-electron chi connectivity index (χ0n) is 7.52. The van der Waals surface area contributed by atoms with E-state index >= 15 is 0 Å². The van der Waals surface area contributed by atoms with Gasteiger partial charge in [0, 0.05) is 5.41 Å². The minimum Gasteiger partial charge on any atom is -0.224 e. The topological polar surface area (TPSA) is 68.3 Å². The van der Waals surface area contributed by atoms with Gasteiger partial charge < -0.3 is 0 Å². The van der Waals surface area contributed by atoms with Crippen LogP contribution in [0.1, 0.15) is 20.3 Å². The molecule has 4 nitrogen and oxygen atoms in total. The molecule has 0 aromatic rings. The lowest BCUT2D eigenvalue weighted by Gasteiger charge is -2.19. The predicted molar refractivity (Wildman–Crippen MR) is 50.5 cm³/mol. The Morgan fingerprint density at radius 1 is 1.38 bits per heavy atom. The number of rotatable bonds is 1. The molecule has 0 aliphatic carbocycles. The molecule has 0 bridgehead atoms. The number of allylic oxidation sites excluding steroid dienone is 1. The van der Waals surface area contributed by atoms with Crippen LogP contribution >= 0.6 is 0 Å². The molecule has 1 rings (SSSR count). The van der Waals surface area contributed by atoms with Crippen LogP contribution in [-0.2, 0) is 19.7 Å². The van der Waals surface area contributed by atoms with Gasteiger partial charge in [0.25, 0.3) is 0 Å². The highest BCUT2D eigenvalue weighted by Crippen LogP contribution is 2.24. The SMILES string of the molecule is CCC1CS(=O)(=O)C=C(C)S1(=O)=O. The Balaban J connectivity index is 3.34. The Kier molecular flexibility index (Phi) is 2.55. The molecule has 0 aromatic heterocycles. The van der Waals surface area contributed by atoms with Crippen LogP contribution < -0.4 is 0 Å². The standard InChI is InChI=1S/C7H12O4S2/c1-3-7-5-12(8,9)4-6(2)13(7,10)11/h4,7H,3,5H2,1-2H3. The van der Waals surface area contributed by atoms with Crippen LogP contribution in [0.3, 0.4) is 0 Å². The maximum absolute atomic E-state index is 11.5. The van der Waals surface area contributed by atoms with Crippen LogP contribution in [0.4, 0.5) is 0 Å². The van der Waals surface area contributed by atoms with Crippen LogP contribution in [-0.4, -0.2) is 27.8 Å². The molecule has 76 valence electrons. The second-order valence-corrected chi connectivity index (χ2v) is 7.43. The van der Waals surface area contributed by atoms with Gasteiger partial charge in [0.05, 0.1) is 15.9 Å². The predicted octanol–water partition coefficient (Wildman–Crippen LogP) is 0.470. The molecular weight excluding hydrogens is 212 g/mol. The maximum Gasteiger partial charge on any atom is 0.178 e. The zero-order valence-corrected chi connectivity index (χ0v) is 9.15. The first-order valence-electron chi connectivity index (χ1n) is 3.94. The van der Waals surface area contributed by atoms with Gasteiger partial charge in [-0.1, -0.05) is 6.92 Å². The summed E-state index contributed by atoms with van der Waals surface area (Å²) in [5, 5.41) is 0.0941. The van der Waals surface area contributed by atoms with Crippen LogP contribution in [0, 0.1) is 0 Å². The van der Waals surface area contributed by atoms with Gasteiger partial charge in [-0.3, -0.25) is 0 Å². The smallest absolute Gasteiger partial charge is 0.178 e. The van der Waals surface area contributed by atoms with Crippen LogP contribution in [0.5, 0.6) is 0 Å². The summed E-state index contributed by atoms with van der Waals surface area (Å²) in [5.74, 6) is -0.275. The molecule has 0 amide bonds. The summed E-state index contributed by atoms with van der Waals surface area (Å²) in [7, 11) is -6.65. The third-order valence-corrected chi connectivity index (χ3v) is 6.44. The summed E-state index contributed by atoms with van der Waals surface area (Å²) in [6.07, 6.45) is 0.340. The van der Waals surface area contributed by atoms with Crippen molar-refractivity contribution in [1.29, 1.82) is 0 Å². The monoisotopic (exact) mass is 224 g/mol. The average Bonchev–Trinajstić information content (AvgIpc) is 1.97. The summed E-state index contributed by atoms with van der Waals surface area (Å²) < 4.78 is 45.4. The summed E-state index contributed by atoms with van der Waals surface area (Å²) in [6.45, 7) is 3.00. The highest BCUT2D eigenvalue weighted by Gasteiger charge is 2.35. The summed E-state index contributed by atoms with van der Waals surface area (Å²) in [5.41, 5.74) is 0. The quantitative estimate of drug-likeness (QED) is 0.649. The van der Waals surface area contributed by atoms with Gasteiger partial charge in [0.2, 0.25) is 0 Å². The van der Waals surface area contributed by atoms with Crippen molar-refractivity contribution in [2.45, 2.75) is 25.5 Å². The lowest BCUT2D eigenvalue weighted by atomic mass is 10.4. The van der Waals surface area contributed by atoms with Crippen molar-refractivity contribution >= 4 is 19.7 Å². The van der Waals surface area contributed by atoms with Crippen molar-refractivity contribution in [3.8, 4) is 0 Å².